The first kappa shape index (κ1) is 31.7. The van der Waals surface area contributed by atoms with E-state index in [1.54, 1.807) is 14.2 Å². The van der Waals surface area contributed by atoms with Crippen molar-refractivity contribution in [3.05, 3.63) is 78.4 Å². The number of carboxylic acid groups (broad SMARTS) is 1. The second-order valence-corrected chi connectivity index (χ2v) is 10.8. The zero-order valence-corrected chi connectivity index (χ0v) is 24.3. The molecular formula is C32H36F3N3O5. The average Bonchev–Trinajstić information content (AvgIpc) is 3.34. The number of carbonyl (C=O) groups is 2. The number of carboxylic acids is 1. The Kier molecular flexibility index (Phi) is 9.85. The fourth-order valence-electron chi connectivity index (χ4n) is 6.20. The summed E-state index contributed by atoms with van der Waals surface area (Å²) in [5.74, 6) is -1.23. The Morgan fingerprint density at radius 2 is 1.60 bits per heavy atom. The summed E-state index contributed by atoms with van der Waals surface area (Å²) < 4.78 is 42.8. The Morgan fingerprint density at radius 1 is 0.953 bits per heavy atom. The van der Waals surface area contributed by atoms with Gasteiger partial charge in [0.25, 0.3) is 0 Å². The van der Waals surface area contributed by atoms with Crippen molar-refractivity contribution < 1.29 is 37.3 Å². The third-order valence-electron chi connectivity index (χ3n) is 8.32. The Labute approximate surface area is 248 Å². The highest BCUT2D eigenvalue weighted by Crippen LogP contribution is 2.50. The van der Waals surface area contributed by atoms with Crippen molar-refractivity contribution in [3.63, 3.8) is 0 Å². The van der Waals surface area contributed by atoms with Gasteiger partial charge in [0.1, 0.15) is 0 Å². The number of aliphatic carboxylic acids is 1. The molecule has 43 heavy (non-hydrogen) atoms. The van der Waals surface area contributed by atoms with Crippen LogP contribution in [0.3, 0.4) is 0 Å². The lowest BCUT2D eigenvalue weighted by molar-refractivity contribution is -0.192. The number of methoxy groups -OCH3 is 2. The minimum Gasteiger partial charge on any atom is -0.493 e. The molecule has 2 aliphatic rings. The van der Waals surface area contributed by atoms with Crippen LogP contribution in [-0.4, -0.2) is 68.1 Å². The molecule has 3 unspecified atom stereocenters. The second kappa shape index (κ2) is 13.4. The van der Waals surface area contributed by atoms with E-state index >= 15 is 0 Å². The van der Waals surface area contributed by atoms with Gasteiger partial charge in [0.15, 0.2) is 11.5 Å². The smallest absolute Gasteiger partial charge is 0.490 e. The van der Waals surface area contributed by atoms with E-state index in [9.17, 15) is 18.0 Å². The van der Waals surface area contributed by atoms with Crippen molar-refractivity contribution in [2.45, 2.75) is 49.4 Å². The predicted octanol–water partition coefficient (Wildman–Crippen LogP) is 6.32. The summed E-state index contributed by atoms with van der Waals surface area (Å²) >= 11 is 0. The molecule has 1 heterocycles. The van der Waals surface area contributed by atoms with Gasteiger partial charge in [0.2, 0.25) is 0 Å². The van der Waals surface area contributed by atoms with Crippen molar-refractivity contribution in [1.29, 1.82) is 0 Å². The first-order valence-corrected chi connectivity index (χ1v) is 13.9. The van der Waals surface area contributed by atoms with Crippen LogP contribution in [-0.2, 0) is 10.2 Å². The van der Waals surface area contributed by atoms with Crippen LogP contribution in [0.1, 0.15) is 31.2 Å². The lowest BCUT2D eigenvalue weighted by Crippen LogP contribution is -2.52. The summed E-state index contributed by atoms with van der Waals surface area (Å²) in [4.78, 5) is 24.4. The zero-order chi connectivity index (χ0) is 31.2. The fraction of sp³-hybridized carbons (Fsp3) is 0.375. The van der Waals surface area contributed by atoms with Crippen LogP contribution >= 0.6 is 0 Å². The van der Waals surface area contributed by atoms with Gasteiger partial charge in [0.05, 0.1) is 19.9 Å². The van der Waals surface area contributed by atoms with Crippen molar-refractivity contribution in [2.24, 2.45) is 0 Å². The predicted molar refractivity (Wildman–Crippen MR) is 158 cm³/mol. The molecule has 1 saturated carbocycles. The van der Waals surface area contributed by atoms with Gasteiger partial charge >= 0.3 is 18.2 Å². The number of para-hydroxylation sites is 1. The molecule has 3 aromatic rings. The van der Waals surface area contributed by atoms with Gasteiger partial charge in [-0.3, -0.25) is 0 Å². The lowest BCUT2D eigenvalue weighted by atomic mass is 9.65. The number of halogens is 3. The Morgan fingerprint density at radius 3 is 2.26 bits per heavy atom. The molecule has 0 radical (unpaired) electrons. The number of fused-ring (bicyclic) bond motifs is 1. The SMILES string of the molecule is COc1ccc(C23CCC(NC(=O)Nc4ccccc4-c4ccccc4)CC2N(C)CC3)cc1OC.O=C(O)C(F)(F)F. The number of urea groups is 1. The summed E-state index contributed by atoms with van der Waals surface area (Å²) in [7, 11) is 5.56. The standard InChI is InChI=1S/C30H35N3O3.C2HF3O2/c1-33-18-17-30(22-13-14-26(35-2)27(19-22)36-3)16-15-23(20-28(30)33)31-29(34)32-25-12-8-7-11-24(25)21-9-5-4-6-10-21;3-2(4,5)1(6)7/h4-14,19,23,28H,15-18,20H2,1-3H3,(H2,31,32,34);(H,6,7). The molecule has 5 rings (SSSR count). The van der Waals surface area contributed by atoms with E-state index in [1.165, 1.54) is 5.56 Å². The second-order valence-electron chi connectivity index (χ2n) is 10.8. The van der Waals surface area contributed by atoms with Crippen LogP contribution in [0, 0.1) is 0 Å². The highest BCUT2D eigenvalue weighted by atomic mass is 19.4. The average molecular weight is 600 g/mol. The molecule has 1 aliphatic carbocycles. The van der Waals surface area contributed by atoms with Gasteiger partial charge < -0.3 is 30.1 Å². The maximum absolute atomic E-state index is 13.1. The summed E-state index contributed by atoms with van der Waals surface area (Å²) in [6.45, 7) is 1.04. The molecular weight excluding hydrogens is 563 g/mol. The van der Waals surface area contributed by atoms with Gasteiger partial charge in [0, 0.05) is 23.1 Å². The first-order chi connectivity index (χ1) is 20.5. The number of hydrogen-bond donors (Lipinski definition) is 3. The number of nitrogens with one attached hydrogen (secondary N) is 2. The number of likely N-dealkylation sites (tertiary alicyclic amines) is 1. The van der Waals surface area contributed by atoms with E-state index in [1.807, 2.05) is 48.5 Å². The third kappa shape index (κ3) is 7.22. The topological polar surface area (TPSA) is 100 Å². The molecule has 2 amide bonds. The quantitative estimate of drug-likeness (QED) is 0.307. The van der Waals surface area contributed by atoms with Gasteiger partial charge in [-0.1, -0.05) is 54.6 Å². The van der Waals surface area contributed by atoms with E-state index in [0.717, 1.165) is 60.5 Å². The van der Waals surface area contributed by atoms with Gasteiger partial charge in [-0.15, -0.1) is 0 Å². The molecule has 230 valence electrons. The molecule has 1 aliphatic heterocycles. The molecule has 3 aromatic carbocycles. The van der Waals surface area contributed by atoms with E-state index < -0.39 is 12.1 Å². The van der Waals surface area contributed by atoms with Crippen molar-refractivity contribution in [1.82, 2.24) is 10.2 Å². The molecule has 0 bridgehead atoms. The highest BCUT2D eigenvalue weighted by molar-refractivity contribution is 5.94. The first-order valence-electron chi connectivity index (χ1n) is 13.9. The minimum absolute atomic E-state index is 0.0584. The van der Waals surface area contributed by atoms with Gasteiger partial charge in [-0.25, -0.2) is 9.59 Å². The third-order valence-corrected chi connectivity index (χ3v) is 8.32. The molecule has 11 heteroatoms. The number of amides is 2. The molecule has 3 atom stereocenters. The summed E-state index contributed by atoms with van der Waals surface area (Å²) in [5, 5.41) is 13.5. The number of hydrogen-bond acceptors (Lipinski definition) is 5. The molecule has 1 saturated heterocycles. The van der Waals surface area contributed by atoms with Gasteiger partial charge in [-0.2, -0.15) is 13.2 Å². The van der Waals surface area contributed by atoms with Crippen LogP contribution in [0.5, 0.6) is 11.5 Å². The largest absolute Gasteiger partial charge is 0.493 e. The molecule has 0 aromatic heterocycles. The number of carbonyl (C=O) groups excluding carboxylic acids is 1. The summed E-state index contributed by atoms with van der Waals surface area (Å²) in [6, 6.07) is 24.7. The van der Waals surface area contributed by atoms with Crippen molar-refractivity contribution in [3.8, 4) is 22.6 Å². The van der Waals surface area contributed by atoms with Crippen molar-refractivity contribution >= 4 is 17.7 Å². The number of benzene rings is 3. The molecule has 2 fully saturated rings. The van der Waals surface area contributed by atoms with Crippen LogP contribution < -0.4 is 20.1 Å². The number of likely N-dealkylation sites (N-methyl/N-ethyl adjacent to an activating group) is 1. The Bertz CT molecular complexity index is 1420. The zero-order valence-electron chi connectivity index (χ0n) is 24.3. The van der Waals surface area contributed by atoms with E-state index in [4.69, 9.17) is 19.4 Å². The molecule has 3 N–H and O–H groups in total. The van der Waals surface area contributed by atoms with E-state index in [2.05, 4.69) is 46.8 Å². The Balaban J connectivity index is 0.000000541. The maximum atomic E-state index is 13.1. The van der Waals surface area contributed by atoms with Crippen molar-refractivity contribution in [2.75, 3.05) is 33.1 Å². The van der Waals surface area contributed by atoms with Crippen LogP contribution in [0.4, 0.5) is 23.7 Å². The number of alkyl halides is 3. The highest BCUT2D eigenvalue weighted by Gasteiger charge is 2.50. The summed E-state index contributed by atoms with van der Waals surface area (Å²) in [5.41, 5.74) is 4.27. The number of rotatable bonds is 6. The summed E-state index contributed by atoms with van der Waals surface area (Å²) in [6.07, 6.45) is -1.11. The van der Waals surface area contributed by atoms with Gasteiger partial charge in [-0.05, 0) is 68.6 Å². The Hall–Kier alpha value is -4.25. The lowest BCUT2D eigenvalue weighted by Gasteiger charge is -2.45. The van der Waals surface area contributed by atoms with Crippen LogP contribution in [0.2, 0.25) is 0 Å². The number of anilines is 1. The maximum Gasteiger partial charge on any atom is 0.490 e. The number of nitrogens with zero attached hydrogens (tertiary/aromatic N) is 1. The van der Waals surface area contributed by atoms with E-state index in [-0.39, 0.29) is 17.5 Å². The normalized spacial score (nSPS) is 21.5. The van der Waals surface area contributed by atoms with E-state index in [0.29, 0.717) is 6.04 Å². The molecule has 8 nitrogen and oxygen atoms in total. The number of ether oxygens (including phenoxy) is 2. The fourth-order valence-corrected chi connectivity index (χ4v) is 6.20. The molecule has 0 spiro atoms. The van der Waals surface area contributed by atoms with Crippen LogP contribution in [0.15, 0.2) is 72.8 Å². The minimum atomic E-state index is -5.08. The van der Waals surface area contributed by atoms with Crippen LogP contribution in [0.25, 0.3) is 11.1 Å². The monoisotopic (exact) mass is 599 g/mol.